The molecular weight excluding hydrogens is 258 g/mol. The molecule has 4 heteroatoms. The number of nitrogens with zero attached hydrogens (tertiary/aromatic N) is 1. The molecule has 0 spiro atoms. The van der Waals surface area contributed by atoms with Gasteiger partial charge in [0.2, 0.25) is 9.84 Å². The van der Waals surface area contributed by atoms with E-state index in [1.165, 1.54) is 0 Å². The van der Waals surface area contributed by atoms with Crippen molar-refractivity contribution in [3.05, 3.63) is 83.2 Å². The number of rotatable bonds is 4. The molecule has 0 N–H and O–H groups in total. The van der Waals surface area contributed by atoms with Crippen LogP contribution in [0.15, 0.2) is 60.7 Å². The zero-order valence-electron chi connectivity index (χ0n) is 10.2. The molecule has 2 rings (SSSR count). The van der Waals surface area contributed by atoms with Gasteiger partial charge < -0.3 is 0 Å². The lowest BCUT2D eigenvalue weighted by Crippen LogP contribution is -2.12. The largest absolute Gasteiger partial charge is 0.346 e. The summed E-state index contributed by atoms with van der Waals surface area (Å²) >= 11 is 0. The molecule has 0 aliphatic carbocycles. The van der Waals surface area contributed by atoms with Gasteiger partial charge in [-0.3, -0.25) is 4.85 Å². The Kier molecular flexibility index (Phi) is 3.98. The minimum Gasteiger partial charge on any atom is -0.291 e. The van der Waals surface area contributed by atoms with Crippen molar-refractivity contribution in [1.29, 1.82) is 0 Å². The van der Waals surface area contributed by atoms with E-state index in [2.05, 4.69) is 4.85 Å². The van der Waals surface area contributed by atoms with Crippen LogP contribution < -0.4 is 0 Å². The van der Waals surface area contributed by atoms with Gasteiger partial charge in [0.1, 0.15) is 0 Å². The first-order valence-electron chi connectivity index (χ1n) is 5.80. The summed E-state index contributed by atoms with van der Waals surface area (Å²) in [6.45, 7) is 7.16. The van der Waals surface area contributed by atoms with E-state index in [-0.39, 0.29) is 5.75 Å². The van der Waals surface area contributed by atoms with Crippen molar-refractivity contribution in [3.63, 3.8) is 0 Å². The summed E-state index contributed by atoms with van der Waals surface area (Å²) in [7, 11) is -3.53. The molecule has 2 aromatic rings. The number of sulfone groups is 1. The van der Waals surface area contributed by atoms with Crippen molar-refractivity contribution in [2.24, 2.45) is 0 Å². The molecule has 0 saturated heterocycles. The van der Waals surface area contributed by atoms with E-state index in [0.717, 1.165) is 0 Å². The summed E-state index contributed by atoms with van der Waals surface area (Å²) in [4.78, 5) is 3.29. The van der Waals surface area contributed by atoms with Gasteiger partial charge in [-0.2, -0.15) is 0 Å². The van der Waals surface area contributed by atoms with Crippen molar-refractivity contribution in [1.82, 2.24) is 0 Å². The van der Waals surface area contributed by atoms with Gasteiger partial charge in [0, 0.05) is 5.56 Å². The summed E-state index contributed by atoms with van der Waals surface area (Å²) in [5, 5.41) is -1.13. The Balaban J connectivity index is 2.31. The lowest BCUT2D eigenvalue weighted by atomic mass is 10.2. The molecule has 0 amide bonds. The van der Waals surface area contributed by atoms with Crippen LogP contribution in [0.2, 0.25) is 0 Å². The second kappa shape index (κ2) is 5.68. The smallest absolute Gasteiger partial charge is 0.291 e. The molecule has 0 heterocycles. The Bertz CT molecular complexity index is 673. The molecule has 0 radical (unpaired) electrons. The van der Waals surface area contributed by atoms with Crippen LogP contribution in [0.1, 0.15) is 16.5 Å². The van der Waals surface area contributed by atoms with E-state index < -0.39 is 15.2 Å². The van der Waals surface area contributed by atoms with Crippen molar-refractivity contribution < 1.29 is 8.42 Å². The molecule has 0 aliphatic heterocycles. The maximum Gasteiger partial charge on any atom is 0.346 e. The average molecular weight is 271 g/mol. The summed E-state index contributed by atoms with van der Waals surface area (Å²) in [6.07, 6.45) is 0. The number of hydrogen-bond acceptors (Lipinski definition) is 2. The van der Waals surface area contributed by atoms with Crippen LogP contribution in [0.3, 0.4) is 0 Å². The van der Waals surface area contributed by atoms with Gasteiger partial charge in [-0.25, -0.2) is 15.0 Å². The highest BCUT2D eigenvalue weighted by molar-refractivity contribution is 7.91. The molecule has 0 fully saturated rings. The fourth-order valence-electron chi connectivity index (χ4n) is 1.87. The summed E-state index contributed by atoms with van der Waals surface area (Å²) in [5.41, 5.74) is 1.22. The molecule has 0 saturated carbocycles. The molecule has 1 atom stereocenters. The fourth-order valence-corrected chi connectivity index (χ4v) is 3.41. The number of benzene rings is 2. The third kappa shape index (κ3) is 3.21. The van der Waals surface area contributed by atoms with Gasteiger partial charge >= 0.3 is 5.37 Å². The Morgan fingerprint density at radius 1 is 0.947 bits per heavy atom. The predicted octanol–water partition coefficient (Wildman–Crippen LogP) is 3.22. The molecule has 19 heavy (non-hydrogen) atoms. The van der Waals surface area contributed by atoms with Gasteiger partial charge in [-0.05, 0) is 5.56 Å². The zero-order chi connectivity index (χ0) is 13.7. The standard InChI is InChI=1S/C15H13NO2S/c1-16-15(14-10-6-3-7-11-14)19(17,18)12-13-8-4-2-5-9-13/h2-11,15H,12H2. The van der Waals surface area contributed by atoms with Crippen molar-refractivity contribution in [3.8, 4) is 0 Å². The van der Waals surface area contributed by atoms with Gasteiger partial charge in [-0.15, -0.1) is 0 Å². The van der Waals surface area contributed by atoms with Crippen LogP contribution >= 0.6 is 0 Å². The highest BCUT2D eigenvalue weighted by atomic mass is 32.2. The molecule has 2 aromatic carbocycles. The first-order valence-corrected chi connectivity index (χ1v) is 7.52. The fraction of sp³-hybridized carbons (Fsp3) is 0.133. The molecule has 0 aliphatic rings. The Hall–Kier alpha value is -2.12. The van der Waals surface area contributed by atoms with Crippen LogP contribution in [-0.2, 0) is 15.6 Å². The third-order valence-corrected chi connectivity index (χ3v) is 4.55. The van der Waals surface area contributed by atoms with Crippen molar-refractivity contribution in [2.45, 2.75) is 11.1 Å². The highest BCUT2D eigenvalue weighted by Crippen LogP contribution is 2.26. The molecule has 0 aromatic heterocycles. The quantitative estimate of drug-likeness (QED) is 0.801. The SMILES string of the molecule is [C-]#[N+]C(c1ccccc1)S(=O)(=O)Cc1ccccc1. The van der Waals surface area contributed by atoms with E-state index in [4.69, 9.17) is 6.57 Å². The summed E-state index contributed by atoms with van der Waals surface area (Å²) in [6, 6.07) is 17.6. The van der Waals surface area contributed by atoms with Crippen LogP contribution in [0.5, 0.6) is 0 Å². The minimum absolute atomic E-state index is 0.115. The highest BCUT2D eigenvalue weighted by Gasteiger charge is 2.32. The van der Waals surface area contributed by atoms with Crippen LogP contribution in [0.4, 0.5) is 0 Å². The molecule has 96 valence electrons. The zero-order valence-corrected chi connectivity index (χ0v) is 11.0. The second-order valence-corrected chi connectivity index (χ2v) is 6.25. The van der Waals surface area contributed by atoms with E-state index in [1.807, 2.05) is 6.07 Å². The Morgan fingerprint density at radius 3 is 2.00 bits per heavy atom. The minimum atomic E-state index is -3.53. The Morgan fingerprint density at radius 2 is 1.47 bits per heavy atom. The molecule has 1 unspecified atom stereocenters. The van der Waals surface area contributed by atoms with E-state index in [1.54, 1.807) is 54.6 Å². The topological polar surface area (TPSA) is 38.5 Å². The van der Waals surface area contributed by atoms with E-state index >= 15 is 0 Å². The maximum absolute atomic E-state index is 12.3. The lowest BCUT2D eigenvalue weighted by molar-refractivity contribution is 0.589. The monoisotopic (exact) mass is 271 g/mol. The molecular formula is C15H13NO2S. The lowest BCUT2D eigenvalue weighted by Gasteiger charge is -2.07. The van der Waals surface area contributed by atoms with Crippen molar-refractivity contribution >= 4 is 9.84 Å². The summed E-state index contributed by atoms with van der Waals surface area (Å²) in [5.74, 6) is -0.115. The Labute approximate surface area is 113 Å². The average Bonchev–Trinajstić information content (AvgIpc) is 2.41. The number of hydrogen-bond donors (Lipinski definition) is 0. The predicted molar refractivity (Wildman–Crippen MR) is 74.9 cm³/mol. The maximum atomic E-state index is 12.3. The van der Waals surface area contributed by atoms with Gasteiger partial charge in [0.25, 0.3) is 0 Å². The van der Waals surface area contributed by atoms with Crippen LogP contribution in [0, 0.1) is 6.57 Å². The van der Waals surface area contributed by atoms with Gasteiger partial charge in [0.05, 0.1) is 5.75 Å². The second-order valence-electron chi connectivity index (χ2n) is 4.18. The van der Waals surface area contributed by atoms with E-state index in [9.17, 15) is 8.42 Å². The first kappa shape index (κ1) is 13.3. The van der Waals surface area contributed by atoms with Crippen LogP contribution in [0.25, 0.3) is 4.85 Å². The van der Waals surface area contributed by atoms with Gasteiger partial charge in [0.15, 0.2) is 0 Å². The summed E-state index contributed by atoms with van der Waals surface area (Å²) < 4.78 is 24.6. The van der Waals surface area contributed by atoms with Gasteiger partial charge in [-0.1, -0.05) is 60.7 Å². The first-order chi connectivity index (χ1) is 9.13. The normalized spacial score (nSPS) is 12.6. The molecule has 0 bridgehead atoms. The van der Waals surface area contributed by atoms with E-state index in [0.29, 0.717) is 11.1 Å². The van der Waals surface area contributed by atoms with Crippen molar-refractivity contribution in [2.75, 3.05) is 0 Å². The third-order valence-electron chi connectivity index (χ3n) is 2.75. The van der Waals surface area contributed by atoms with Crippen LogP contribution in [-0.4, -0.2) is 8.42 Å². The molecule has 3 nitrogen and oxygen atoms in total.